The molecule has 3 rings (SSSR count). The number of ether oxygens (including phenoxy) is 3. The largest absolute Gasteiger partial charge is 0.494 e. The molecule has 1 aliphatic heterocycles. The number of nitrogens with zero attached hydrogens (tertiary/aromatic N) is 2. The van der Waals surface area contributed by atoms with Crippen molar-refractivity contribution in [3.05, 3.63) is 42.5 Å². The van der Waals surface area contributed by atoms with E-state index in [4.69, 9.17) is 14.2 Å². The van der Waals surface area contributed by atoms with Gasteiger partial charge < -0.3 is 29.3 Å². The summed E-state index contributed by atoms with van der Waals surface area (Å²) in [4.78, 5) is 28.5. The zero-order valence-electron chi connectivity index (χ0n) is 18.2. The monoisotopic (exact) mass is 427 g/mol. The van der Waals surface area contributed by atoms with Crippen LogP contribution >= 0.6 is 0 Å². The first-order valence-corrected chi connectivity index (χ1v) is 10.3. The zero-order chi connectivity index (χ0) is 22.2. The molecule has 0 atom stereocenters. The van der Waals surface area contributed by atoms with Gasteiger partial charge in [0.05, 0.1) is 12.3 Å². The van der Waals surface area contributed by atoms with Crippen molar-refractivity contribution < 1.29 is 23.8 Å². The van der Waals surface area contributed by atoms with Crippen LogP contribution < -0.4 is 24.4 Å². The van der Waals surface area contributed by atoms with Gasteiger partial charge >= 0.3 is 0 Å². The molecule has 2 aromatic rings. The van der Waals surface area contributed by atoms with Crippen molar-refractivity contribution in [3.8, 4) is 17.2 Å². The maximum Gasteiger partial charge on any atom is 0.265 e. The molecule has 2 amide bonds. The Bertz CT molecular complexity index is 899. The van der Waals surface area contributed by atoms with Gasteiger partial charge in [0.25, 0.3) is 11.8 Å². The molecule has 31 heavy (non-hydrogen) atoms. The van der Waals surface area contributed by atoms with Crippen molar-refractivity contribution >= 4 is 23.2 Å². The van der Waals surface area contributed by atoms with Crippen LogP contribution in [0.4, 0.5) is 11.4 Å². The molecule has 0 unspecified atom stereocenters. The van der Waals surface area contributed by atoms with Crippen LogP contribution in [-0.4, -0.2) is 63.7 Å². The van der Waals surface area contributed by atoms with E-state index < -0.39 is 0 Å². The number of carbonyl (C=O) groups excluding carboxylic acids is 2. The van der Waals surface area contributed by atoms with Crippen LogP contribution in [0.25, 0.3) is 0 Å². The molecule has 166 valence electrons. The second-order valence-electron chi connectivity index (χ2n) is 7.41. The standard InChI is InChI=1S/C23H29N3O5/c1-4-29-18-7-9-19(10-8-18)30-15-22(27)24-17-6-11-21-20(14-17)26(23(28)16-31-21)13-5-12-25(2)3/h6-11,14H,4-5,12-13,15-16H2,1-3H3,(H,24,27). The molecule has 0 saturated carbocycles. The quantitative estimate of drug-likeness (QED) is 0.628. The summed E-state index contributed by atoms with van der Waals surface area (Å²) in [6.45, 7) is 3.86. The lowest BCUT2D eigenvalue weighted by Gasteiger charge is -2.30. The first kappa shape index (κ1) is 22.4. The van der Waals surface area contributed by atoms with Gasteiger partial charge in [-0.25, -0.2) is 0 Å². The number of hydrogen-bond donors (Lipinski definition) is 1. The third-order valence-corrected chi connectivity index (χ3v) is 4.68. The number of fused-ring (bicyclic) bond motifs is 1. The van der Waals surface area contributed by atoms with Gasteiger partial charge in [-0.05, 0) is 76.4 Å². The molecule has 0 radical (unpaired) electrons. The Kier molecular flexibility index (Phi) is 7.72. The molecule has 1 N–H and O–H groups in total. The van der Waals surface area contributed by atoms with Crippen molar-refractivity contribution in [2.75, 3.05) is 57.2 Å². The maximum atomic E-state index is 12.4. The second kappa shape index (κ2) is 10.7. The lowest BCUT2D eigenvalue weighted by atomic mass is 10.2. The predicted molar refractivity (Wildman–Crippen MR) is 119 cm³/mol. The van der Waals surface area contributed by atoms with E-state index >= 15 is 0 Å². The van der Waals surface area contributed by atoms with Gasteiger partial charge in [-0.15, -0.1) is 0 Å². The molecule has 8 heteroatoms. The molecule has 2 aromatic carbocycles. The Hall–Kier alpha value is -3.26. The first-order valence-electron chi connectivity index (χ1n) is 10.3. The fraction of sp³-hybridized carbons (Fsp3) is 0.391. The second-order valence-corrected chi connectivity index (χ2v) is 7.41. The van der Waals surface area contributed by atoms with E-state index in [1.54, 1.807) is 47.4 Å². The summed E-state index contributed by atoms with van der Waals surface area (Å²) in [6.07, 6.45) is 0.838. The van der Waals surface area contributed by atoms with Crippen LogP contribution in [0.5, 0.6) is 17.2 Å². The lowest BCUT2D eigenvalue weighted by Crippen LogP contribution is -2.40. The van der Waals surface area contributed by atoms with Crippen molar-refractivity contribution in [1.29, 1.82) is 0 Å². The van der Waals surface area contributed by atoms with Crippen LogP contribution in [0.15, 0.2) is 42.5 Å². The molecule has 0 aromatic heterocycles. The van der Waals surface area contributed by atoms with E-state index in [0.29, 0.717) is 36.0 Å². The summed E-state index contributed by atoms with van der Waals surface area (Å²) < 4.78 is 16.5. The molecule has 0 aliphatic carbocycles. The van der Waals surface area contributed by atoms with E-state index in [2.05, 4.69) is 10.2 Å². The smallest absolute Gasteiger partial charge is 0.265 e. The summed E-state index contributed by atoms with van der Waals surface area (Å²) in [5.41, 5.74) is 1.25. The Morgan fingerprint density at radius 3 is 2.52 bits per heavy atom. The Balaban J connectivity index is 1.59. The molecule has 0 spiro atoms. The number of rotatable bonds is 10. The lowest BCUT2D eigenvalue weighted by molar-refractivity contribution is -0.121. The minimum Gasteiger partial charge on any atom is -0.494 e. The normalized spacial score (nSPS) is 12.9. The third-order valence-electron chi connectivity index (χ3n) is 4.68. The van der Waals surface area contributed by atoms with Crippen LogP contribution in [0, 0.1) is 0 Å². The summed E-state index contributed by atoms with van der Waals surface area (Å²) in [7, 11) is 4.00. The van der Waals surface area contributed by atoms with Gasteiger partial charge in [-0.1, -0.05) is 0 Å². The van der Waals surface area contributed by atoms with E-state index in [-0.39, 0.29) is 25.0 Å². The fourth-order valence-corrected chi connectivity index (χ4v) is 3.21. The highest BCUT2D eigenvalue weighted by Crippen LogP contribution is 2.34. The molecule has 1 aliphatic rings. The van der Waals surface area contributed by atoms with Crippen LogP contribution in [-0.2, 0) is 9.59 Å². The van der Waals surface area contributed by atoms with Crippen LogP contribution in [0.2, 0.25) is 0 Å². The maximum absolute atomic E-state index is 12.4. The van der Waals surface area contributed by atoms with Crippen molar-refractivity contribution in [3.63, 3.8) is 0 Å². The van der Waals surface area contributed by atoms with E-state index in [1.807, 2.05) is 21.0 Å². The molecule has 0 bridgehead atoms. The average molecular weight is 428 g/mol. The molecule has 1 heterocycles. The van der Waals surface area contributed by atoms with Gasteiger partial charge in [0.1, 0.15) is 17.2 Å². The van der Waals surface area contributed by atoms with Crippen molar-refractivity contribution in [2.45, 2.75) is 13.3 Å². The zero-order valence-corrected chi connectivity index (χ0v) is 18.2. The molecule has 0 saturated heterocycles. The summed E-state index contributed by atoms with van der Waals surface area (Å²) in [5, 5.41) is 2.81. The van der Waals surface area contributed by atoms with Crippen molar-refractivity contribution in [1.82, 2.24) is 4.90 Å². The summed E-state index contributed by atoms with van der Waals surface area (Å²) in [6, 6.07) is 12.4. The number of nitrogens with one attached hydrogen (secondary N) is 1. The topological polar surface area (TPSA) is 80.3 Å². The minimum absolute atomic E-state index is 0.0244. The SMILES string of the molecule is CCOc1ccc(OCC(=O)Nc2ccc3c(c2)N(CCCN(C)C)C(=O)CO3)cc1. The predicted octanol–water partition coefficient (Wildman–Crippen LogP) is 2.78. The molecule has 8 nitrogen and oxygen atoms in total. The number of amides is 2. The van der Waals surface area contributed by atoms with E-state index in [9.17, 15) is 9.59 Å². The van der Waals surface area contributed by atoms with Gasteiger partial charge in [0.2, 0.25) is 0 Å². The molecular weight excluding hydrogens is 398 g/mol. The number of benzene rings is 2. The summed E-state index contributed by atoms with van der Waals surface area (Å²) >= 11 is 0. The Morgan fingerprint density at radius 2 is 1.84 bits per heavy atom. The average Bonchev–Trinajstić information content (AvgIpc) is 2.75. The van der Waals surface area contributed by atoms with Gasteiger partial charge in [0.15, 0.2) is 13.2 Å². The first-order chi connectivity index (χ1) is 15.0. The number of carbonyl (C=O) groups is 2. The third kappa shape index (κ3) is 6.36. The molecular formula is C23H29N3O5. The highest BCUT2D eigenvalue weighted by Gasteiger charge is 2.25. The number of anilines is 2. The van der Waals surface area contributed by atoms with Crippen molar-refractivity contribution in [2.24, 2.45) is 0 Å². The highest BCUT2D eigenvalue weighted by atomic mass is 16.5. The van der Waals surface area contributed by atoms with Gasteiger partial charge in [-0.3, -0.25) is 9.59 Å². The highest BCUT2D eigenvalue weighted by molar-refractivity contribution is 5.99. The van der Waals surface area contributed by atoms with Crippen LogP contribution in [0.3, 0.4) is 0 Å². The Labute approximate surface area is 182 Å². The van der Waals surface area contributed by atoms with Gasteiger partial charge in [0, 0.05) is 12.2 Å². The number of hydrogen-bond acceptors (Lipinski definition) is 6. The molecule has 0 fully saturated rings. The van der Waals surface area contributed by atoms with Crippen LogP contribution in [0.1, 0.15) is 13.3 Å². The van der Waals surface area contributed by atoms with Gasteiger partial charge in [-0.2, -0.15) is 0 Å². The minimum atomic E-state index is -0.295. The van der Waals surface area contributed by atoms with E-state index in [0.717, 1.165) is 18.7 Å². The summed E-state index contributed by atoms with van der Waals surface area (Å²) in [5.74, 6) is 1.58. The Morgan fingerprint density at radius 1 is 1.13 bits per heavy atom. The fourth-order valence-electron chi connectivity index (χ4n) is 3.21. The van der Waals surface area contributed by atoms with E-state index in [1.165, 1.54) is 0 Å².